The van der Waals surface area contributed by atoms with Gasteiger partial charge in [-0.15, -0.1) is 0 Å². The first-order chi connectivity index (χ1) is 20.9. The predicted octanol–water partition coefficient (Wildman–Crippen LogP) is 7.28. The summed E-state index contributed by atoms with van der Waals surface area (Å²) in [4.78, 5) is 23.7. The van der Waals surface area contributed by atoms with Gasteiger partial charge >= 0.3 is 0 Å². The molecule has 10 nitrogen and oxygen atoms in total. The van der Waals surface area contributed by atoms with Crippen LogP contribution in [0.3, 0.4) is 0 Å². The van der Waals surface area contributed by atoms with Crippen molar-refractivity contribution in [1.82, 2.24) is 0 Å². The summed E-state index contributed by atoms with van der Waals surface area (Å²) in [6, 6.07) is 26.2. The van der Waals surface area contributed by atoms with Gasteiger partial charge in [0.2, 0.25) is 0 Å². The van der Waals surface area contributed by atoms with Gasteiger partial charge in [0, 0.05) is 22.9 Å². The zero-order chi connectivity index (χ0) is 31.7. The quantitative estimate of drug-likeness (QED) is 0.0994. The highest BCUT2D eigenvalue weighted by Gasteiger charge is 2.18. The van der Waals surface area contributed by atoms with Gasteiger partial charge in [-0.2, -0.15) is 16.8 Å². The van der Waals surface area contributed by atoms with Gasteiger partial charge in [0.05, 0.1) is 0 Å². The van der Waals surface area contributed by atoms with E-state index in [9.17, 15) is 35.5 Å². The van der Waals surface area contributed by atoms with E-state index in [2.05, 4.69) is 10.6 Å². The third-order valence-electron chi connectivity index (χ3n) is 5.94. The summed E-state index contributed by atoms with van der Waals surface area (Å²) in [5.74, 6) is 0.785. The molecule has 0 spiro atoms. The SMILES string of the molecule is O=C(Nc1ccc(C=Cc2ccc(NC(=O)SCc3ccccc3)cc2S(=O)(=O)O)c(S(=O)(=O)O)c1)SCc1ccccc1. The molecule has 14 heteroatoms. The van der Waals surface area contributed by atoms with Gasteiger partial charge in [0.15, 0.2) is 0 Å². The van der Waals surface area contributed by atoms with Crippen molar-refractivity contribution in [2.24, 2.45) is 0 Å². The lowest BCUT2D eigenvalue weighted by molar-refractivity contribution is 0.269. The minimum atomic E-state index is -4.76. The summed E-state index contributed by atoms with van der Waals surface area (Å²) >= 11 is 1.95. The van der Waals surface area contributed by atoms with Crippen molar-refractivity contribution in [2.75, 3.05) is 10.6 Å². The van der Waals surface area contributed by atoms with E-state index in [-0.39, 0.29) is 22.5 Å². The summed E-state index contributed by atoms with van der Waals surface area (Å²) in [5, 5.41) is 4.26. The molecule has 0 saturated heterocycles. The monoisotopic (exact) mass is 670 g/mol. The number of anilines is 2. The van der Waals surface area contributed by atoms with Crippen LogP contribution in [0.1, 0.15) is 22.3 Å². The molecule has 4 N–H and O–H groups in total. The van der Waals surface area contributed by atoms with Crippen molar-refractivity contribution in [3.05, 3.63) is 119 Å². The Bertz CT molecular complexity index is 1760. The van der Waals surface area contributed by atoms with Gasteiger partial charge in [-0.1, -0.05) is 108 Å². The van der Waals surface area contributed by atoms with Gasteiger partial charge in [-0.05, 0) is 46.5 Å². The maximum absolute atomic E-state index is 12.4. The summed E-state index contributed by atoms with van der Waals surface area (Å²) in [5.41, 5.74) is 2.05. The maximum Gasteiger partial charge on any atom is 0.295 e. The number of thioether (sulfide) groups is 2. The van der Waals surface area contributed by atoms with Crippen LogP contribution in [-0.4, -0.2) is 36.4 Å². The lowest BCUT2D eigenvalue weighted by Gasteiger charge is -2.10. The Hall–Kier alpha value is -3.92. The maximum atomic E-state index is 12.4. The molecular weight excluding hydrogens is 645 g/mol. The second kappa shape index (κ2) is 14.7. The number of hydrogen-bond acceptors (Lipinski definition) is 8. The van der Waals surface area contributed by atoms with Crippen LogP contribution >= 0.6 is 23.5 Å². The average molecular weight is 671 g/mol. The molecule has 0 aliphatic carbocycles. The third-order valence-corrected chi connectivity index (χ3v) is 9.45. The molecule has 4 aromatic carbocycles. The van der Waals surface area contributed by atoms with Crippen molar-refractivity contribution >= 4 is 77.8 Å². The highest BCUT2D eigenvalue weighted by molar-refractivity contribution is 8.13. The van der Waals surface area contributed by atoms with Crippen LogP contribution in [0.5, 0.6) is 0 Å². The number of nitrogens with one attached hydrogen (secondary N) is 2. The molecular formula is C30H26N2O8S4. The molecule has 0 aromatic heterocycles. The highest BCUT2D eigenvalue weighted by atomic mass is 32.2. The van der Waals surface area contributed by atoms with E-state index in [1.165, 1.54) is 36.4 Å². The smallest absolute Gasteiger partial charge is 0.295 e. The third kappa shape index (κ3) is 9.80. The second-order valence-corrected chi connectivity index (χ2v) is 13.8. The summed E-state index contributed by atoms with van der Waals surface area (Å²) in [6.45, 7) is 0. The molecule has 0 aliphatic rings. The molecule has 0 radical (unpaired) electrons. The largest absolute Gasteiger partial charge is 0.317 e. The predicted molar refractivity (Wildman–Crippen MR) is 175 cm³/mol. The Labute approximate surface area is 263 Å². The van der Waals surface area contributed by atoms with Gasteiger partial charge in [-0.25, -0.2) is 0 Å². The lowest BCUT2D eigenvalue weighted by Crippen LogP contribution is -2.08. The summed E-state index contributed by atoms with van der Waals surface area (Å²) in [6.07, 6.45) is 2.47. The molecule has 0 fully saturated rings. The van der Waals surface area contributed by atoms with Crippen molar-refractivity contribution < 1.29 is 35.5 Å². The normalized spacial score (nSPS) is 11.8. The van der Waals surface area contributed by atoms with Gasteiger partial charge in [0.25, 0.3) is 30.7 Å². The molecule has 0 atom stereocenters. The van der Waals surface area contributed by atoms with E-state index in [1.54, 1.807) is 0 Å². The molecule has 0 aliphatic heterocycles. The van der Waals surface area contributed by atoms with E-state index in [0.29, 0.717) is 11.5 Å². The molecule has 228 valence electrons. The molecule has 44 heavy (non-hydrogen) atoms. The number of amides is 2. The van der Waals surface area contributed by atoms with Crippen LogP contribution in [0.25, 0.3) is 12.2 Å². The minimum absolute atomic E-state index is 0.0154. The number of rotatable bonds is 10. The molecule has 2 amide bonds. The Morgan fingerprint density at radius 3 is 1.30 bits per heavy atom. The molecule has 4 aromatic rings. The van der Waals surface area contributed by atoms with Gasteiger partial charge in [-0.3, -0.25) is 18.7 Å². The fraction of sp³-hybridized carbons (Fsp3) is 0.0667. The topological polar surface area (TPSA) is 167 Å². The van der Waals surface area contributed by atoms with E-state index in [1.807, 2.05) is 60.7 Å². The fourth-order valence-electron chi connectivity index (χ4n) is 3.88. The Morgan fingerprint density at radius 2 is 0.955 bits per heavy atom. The molecule has 0 bridgehead atoms. The van der Waals surface area contributed by atoms with E-state index >= 15 is 0 Å². The fourth-order valence-corrected chi connectivity index (χ4v) is 6.66. The number of carbonyl (C=O) groups excluding carboxylic acids is 2. The van der Waals surface area contributed by atoms with Gasteiger partial charge < -0.3 is 10.6 Å². The second-order valence-electron chi connectivity index (χ2n) is 9.16. The molecule has 0 unspecified atom stereocenters. The van der Waals surface area contributed by atoms with E-state index < -0.39 is 40.5 Å². The molecule has 0 heterocycles. The number of benzene rings is 4. The summed E-state index contributed by atoms with van der Waals surface area (Å²) in [7, 11) is -9.53. The average Bonchev–Trinajstić information content (AvgIpc) is 2.99. The Morgan fingerprint density at radius 1 is 0.591 bits per heavy atom. The molecule has 0 saturated carbocycles. The Balaban J connectivity index is 1.51. The zero-order valence-corrected chi connectivity index (χ0v) is 26.0. The van der Waals surface area contributed by atoms with E-state index in [0.717, 1.165) is 46.8 Å². The van der Waals surface area contributed by atoms with Crippen LogP contribution in [0, 0.1) is 0 Å². The minimum Gasteiger partial charge on any atom is -0.317 e. The summed E-state index contributed by atoms with van der Waals surface area (Å²) < 4.78 is 68.3. The van der Waals surface area contributed by atoms with Crippen molar-refractivity contribution in [3.8, 4) is 0 Å². The number of hydrogen-bond donors (Lipinski definition) is 4. The standard InChI is InChI=1S/C30H26N2O8S4/c33-29(41-19-21-7-3-1-4-8-21)31-25-15-13-23(27(17-25)43(35,36)37)11-12-24-14-16-26(18-28(24)44(38,39)40)32-30(34)42-20-22-9-5-2-6-10-22/h1-18H,19-20H2,(H,31,33)(H,32,34)(H,35,36,37)(H,38,39,40). The van der Waals surface area contributed by atoms with Crippen LogP contribution in [0.2, 0.25) is 0 Å². The van der Waals surface area contributed by atoms with Crippen molar-refractivity contribution in [1.29, 1.82) is 0 Å². The first kappa shape index (κ1) is 33.0. The lowest BCUT2D eigenvalue weighted by atomic mass is 10.1. The first-order valence-electron chi connectivity index (χ1n) is 12.7. The number of carbonyl (C=O) groups is 2. The van der Waals surface area contributed by atoms with Crippen LogP contribution in [0.15, 0.2) is 107 Å². The van der Waals surface area contributed by atoms with Crippen molar-refractivity contribution in [3.63, 3.8) is 0 Å². The molecule has 4 rings (SSSR count). The first-order valence-corrected chi connectivity index (χ1v) is 17.6. The van der Waals surface area contributed by atoms with Crippen LogP contribution in [0.4, 0.5) is 21.0 Å². The zero-order valence-electron chi connectivity index (χ0n) is 22.8. The van der Waals surface area contributed by atoms with Crippen LogP contribution < -0.4 is 10.6 Å². The highest BCUT2D eigenvalue weighted by Crippen LogP contribution is 2.27. The van der Waals surface area contributed by atoms with E-state index in [4.69, 9.17) is 0 Å². The Kier molecular flexibility index (Phi) is 11.0. The van der Waals surface area contributed by atoms with Gasteiger partial charge in [0.1, 0.15) is 9.79 Å². The van der Waals surface area contributed by atoms with Crippen molar-refractivity contribution in [2.45, 2.75) is 21.3 Å². The van der Waals surface area contributed by atoms with Crippen LogP contribution in [-0.2, 0) is 31.7 Å².